The minimum absolute atomic E-state index is 0.0877. The van der Waals surface area contributed by atoms with Crippen molar-refractivity contribution in [3.05, 3.63) is 63.9 Å². The minimum atomic E-state index is -0.259. The molecule has 0 unspecified atom stereocenters. The largest absolute Gasteiger partial charge is 0.325 e. The van der Waals surface area contributed by atoms with Crippen molar-refractivity contribution in [2.45, 2.75) is 26.8 Å². The summed E-state index contributed by atoms with van der Waals surface area (Å²) < 4.78 is 14.7. The van der Waals surface area contributed by atoms with Gasteiger partial charge in [0.05, 0.1) is 6.54 Å². The predicted molar refractivity (Wildman–Crippen MR) is 99.5 cm³/mol. The maximum absolute atomic E-state index is 14.0. The molecule has 3 nitrogen and oxygen atoms in total. The third-order valence-corrected chi connectivity index (χ3v) is 4.23. The number of aryl methyl sites for hydroxylation is 1. The fourth-order valence-electron chi connectivity index (χ4n) is 2.53. The first-order valence-corrected chi connectivity index (χ1v) is 8.80. The van der Waals surface area contributed by atoms with E-state index in [1.54, 1.807) is 6.07 Å². The van der Waals surface area contributed by atoms with Crippen LogP contribution in [-0.2, 0) is 11.3 Å². The molecular weight excluding hydrogens is 371 g/mol. The van der Waals surface area contributed by atoms with E-state index in [-0.39, 0.29) is 18.3 Å². The number of benzene rings is 2. The first-order chi connectivity index (χ1) is 11.5. The molecule has 5 heteroatoms. The Morgan fingerprint density at radius 3 is 2.67 bits per heavy atom. The third kappa shape index (κ3) is 5.42. The van der Waals surface area contributed by atoms with E-state index in [4.69, 9.17) is 0 Å². The molecule has 0 saturated carbocycles. The van der Waals surface area contributed by atoms with E-state index in [1.807, 2.05) is 49.1 Å². The number of carbonyl (C=O) groups excluding carboxylic acids is 1. The van der Waals surface area contributed by atoms with Gasteiger partial charge in [0.25, 0.3) is 0 Å². The number of carbonyl (C=O) groups is 1. The van der Waals surface area contributed by atoms with E-state index in [2.05, 4.69) is 21.2 Å². The highest BCUT2D eigenvalue weighted by Crippen LogP contribution is 2.17. The van der Waals surface area contributed by atoms with Crippen LogP contribution in [0.1, 0.15) is 24.5 Å². The number of nitrogens with one attached hydrogen (secondary N) is 1. The summed E-state index contributed by atoms with van der Waals surface area (Å²) in [6.07, 6.45) is 0.899. The Balaban J connectivity index is 2.02. The molecule has 1 amide bonds. The van der Waals surface area contributed by atoms with Gasteiger partial charge in [-0.05, 0) is 43.7 Å². The van der Waals surface area contributed by atoms with Crippen molar-refractivity contribution < 1.29 is 9.18 Å². The van der Waals surface area contributed by atoms with Gasteiger partial charge < -0.3 is 5.32 Å². The Hall–Kier alpha value is -1.72. The number of para-hydroxylation sites is 1. The second-order valence-corrected chi connectivity index (χ2v) is 6.73. The number of hydrogen-bond acceptors (Lipinski definition) is 2. The van der Waals surface area contributed by atoms with E-state index in [1.165, 1.54) is 6.07 Å². The molecule has 0 radical (unpaired) electrons. The van der Waals surface area contributed by atoms with Crippen LogP contribution in [0.3, 0.4) is 0 Å². The second kappa shape index (κ2) is 8.94. The summed E-state index contributed by atoms with van der Waals surface area (Å²) in [5, 5.41) is 2.93. The van der Waals surface area contributed by atoms with Crippen molar-refractivity contribution in [3.8, 4) is 0 Å². The molecule has 2 aromatic rings. The zero-order valence-electron chi connectivity index (χ0n) is 14.0. The lowest BCUT2D eigenvalue weighted by molar-refractivity contribution is -0.117. The first-order valence-electron chi connectivity index (χ1n) is 8.01. The minimum Gasteiger partial charge on any atom is -0.325 e. The highest BCUT2D eigenvalue weighted by Gasteiger charge is 2.14. The Morgan fingerprint density at radius 1 is 1.25 bits per heavy atom. The van der Waals surface area contributed by atoms with Gasteiger partial charge >= 0.3 is 0 Å². The summed E-state index contributed by atoms with van der Waals surface area (Å²) in [4.78, 5) is 14.3. The molecular formula is C19H22BrFN2O. The van der Waals surface area contributed by atoms with E-state index < -0.39 is 0 Å². The number of rotatable bonds is 7. The molecule has 0 heterocycles. The molecule has 2 rings (SSSR count). The summed E-state index contributed by atoms with van der Waals surface area (Å²) in [7, 11) is 0. The van der Waals surface area contributed by atoms with Gasteiger partial charge in [0.1, 0.15) is 5.82 Å². The zero-order chi connectivity index (χ0) is 17.5. The number of anilines is 1. The van der Waals surface area contributed by atoms with Gasteiger partial charge in [0.2, 0.25) is 5.91 Å². The van der Waals surface area contributed by atoms with Crippen LogP contribution in [0.15, 0.2) is 46.9 Å². The number of hydrogen-bond donors (Lipinski definition) is 1. The summed E-state index contributed by atoms with van der Waals surface area (Å²) in [6, 6.07) is 12.7. The predicted octanol–water partition coefficient (Wildman–Crippen LogP) is 4.75. The summed E-state index contributed by atoms with van der Waals surface area (Å²) in [5.74, 6) is -0.347. The average molecular weight is 393 g/mol. The molecule has 0 spiro atoms. The maximum atomic E-state index is 14.0. The van der Waals surface area contributed by atoms with Crippen molar-refractivity contribution in [2.24, 2.45) is 0 Å². The van der Waals surface area contributed by atoms with E-state index in [0.717, 1.165) is 24.2 Å². The summed E-state index contributed by atoms with van der Waals surface area (Å²) >= 11 is 3.26. The summed E-state index contributed by atoms with van der Waals surface area (Å²) in [6.45, 7) is 5.38. The van der Waals surface area contributed by atoms with Crippen LogP contribution in [-0.4, -0.2) is 23.9 Å². The number of amides is 1. The topological polar surface area (TPSA) is 32.3 Å². The van der Waals surface area contributed by atoms with Crippen molar-refractivity contribution >= 4 is 27.5 Å². The maximum Gasteiger partial charge on any atom is 0.238 e. The first kappa shape index (κ1) is 18.6. The van der Waals surface area contributed by atoms with Crippen LogP contribution in [0, 0.1) is 12.7 Å². The fourth-order valence-corrected chi connectivity index (χ4v) is 2.86. The molecule has 0 aromatic heterocycles. The fraction of sp³-hybridized carbons (Fsp3) is 0.316. The van der Waals surface area contributed by atoms with Crippen molar-refractivity contribution in [1.82, 2.24) is 4.90 Å². The normalized spacial score (nSPS) is 10.9. The molecule has 1 N–H and O–H groups in total. The Kier molecular flexibility index (Phi) is 6.94. The Bertz CT molecular complexity index is 706. The van der Waals surface area contributed by atoms with Gasteiger partial charge in [-0.1, -0.05) is 47.1 Å². The van der Waals surface area contributed by atoms with Crippen LogP contribution < -0.4 is 5.32 Å². The smallest absolute Gasteiger partial charge is 0.238 e. The van der Waals surface area contributed by atoms with Gasteiger partial charge in [-0.15, -0.1) is 0 Å². The van der Waals surface area contributed by atoms with E-state index in [9.17, 15) is 9.18 Å². The molecule has 0 saturated heterocycles. The Morgan fingerprint density at radius 2 is 2.00 bits per heavy atom. The highest BCUT2D eigenvalue weighted by atomic mass is 79.9. The van der Waals surface area contributed by atoms with Crippen LogP contribution in [0.4, 0.5) is 10.1 Å². The van der Waals surface area contributed by atoms with Crippen LogP contribution in [0.25, 0.3) is 0 Å². The van der Waals surface area contributed by atoms with Crippen LogP contribution >= 0.6 is 15.9 Å². The lowest BCUT2D eigenvalue weighted by Crippen LogP contribution is -2.33. The molecule has 24 heavy (non-hydrogen) atoms. The van der Waals surface area contributed by atoms with Crippen molar-refractivity contribution in [2.75, 3.05) is 18.4 Å². The van der Waals surface area contributed by atoms with Gasteiger partial charge in [0.15, 0.2) is 0 Å². The standard InChI is InChI=1S/C19H22BrFN2O/c1-3-10-23(12-15-8-9-16(20)11-17(15)21)13-19(24)22-18-7-5-4-6-14(18)2/h4-9,11H,3,10,12-13H2,1-2H3,(H,22,24). The lowest BCUT2D eigenvalue weighted by atomic mass is 10.2. The second-order valence-electron chi connectivity index (χ2n) is 5.81. The summed E-state index contributed by atoms with van der Waals surface area (Å²) in [5.41, 5.74) is 2.43. The van der Waals surface area contributed by atoms with Crippen LogP contribution in [0.5, 0.6) is 0 Å². The molecule has 0 atom stereocenters. The molecule has 128 valence electrons. The molecule has 0 bridgehead atoms. The lowest BCUT2D eigenvalue weighted by Gasteiger charge is -2.22. The highest BCUT2D eigenvalue weighted by molar-refractivity contribution is 9.10. The Labute approximate surface area is 151 Å². The van der Waals surface area contributed by atoms with Crippen LogP contribution in [0.2, 0.25) is 0 Å². The number of nitrogens with zero attached hydrogens (tertiary/aromatic N) is 1. The van der Waals surface area contributed by atoms with Crippen molar-refractivity contribution in [1.29, 1.82) is 0 Å². The SMILES string of the molecule is CCCN(CC(=O)Nc1ccccc1C)Cc1ccc(Br)cc1F. The molecule has 0 aliphatic carbocycles. The average Bonchev–Trinajstić information content (AvgIpc) is 2.52. The molecule has 0 aliphatic heterocycles. The van der Waals surface area contributed by atoms with Gasteiger partial charge in [-0.2, -0.15) is 0 Å². The molecule has 0 aliphatic rings. The zero-order valence-corrected chi connectivity index (χ0v) is 15.6. The quantitative estimate of drug-likeness (QED) is 0.737. The number of halogens is 2. The molecule has 0 fully saturated rings. The van der Waals surface area contributed by atoms with Gasteiger partial charge in [-0.25, -0.2) is 4.39 Å². The third-order valence-electron chi connectivity index (χ3n) is 3.74. The van der Waals surface area contributed by atoms with Crippen molar-refractivity contribution in [3.63, 3.8) is 0 Å². The van der Waals surface area contributed by atoms with Gasteiger partial charge in [-0.3, -0.25) is 9.69 Å². The van der Waals surface area contributed by atoms with E-state index >= 15 is 0 Å². The monoisotopic (exact) mass is 392 g/mol. The van der Waals surface area contributed by atoms with E-state index in [0.29, 0.717) is 16.6 Å². The van der Waals surface area contributed by atoms with Gasteiger partial charge in [0, 0.05) is 22.3 Å². The molecule has 2 aromatic carbocycles.